The fraction of sp³-hybridized carbons (Fsp3) is 0.733. The van der Waals surface area contributed by atoms with Crippen molar-refractivity contribution in [2.45, 2.75) is 128 Å². The van der Waals surface area contributed by atoms with E-state index >= 15 is 0 Å². The Balaban J connectivity index is 3.11. The minimum absolute atomic E-state index is 0.0822. The Bertz CT molecular complexity index is 1060. The van der Waals surface area contributed by atoms with Gasteiger partial charge >= 0.3 is 0 Å². The molecule has 10 heteroatoms. The van der Waals surface area contributed by atoms with Crippen molar-refractivity contribution in [3.63, 3.8) is 0 Å². The third-order valence-electron chi connectivity index (χ3n) is 8.29. The second-order valence-corrected chi connectivity index (χ2v) is 25.0. The molecule has 1 aromatic carbocycles. The standard InChI is InChI=1S/C30H56O7SSi2/c1-15-26(37-40(13,14)30(8,9)10)27(34-17-16-18-36-39(11,12)29(5,6)7)25(31)21-35-38(32,33)28-23(3)19-22(2)20-24(28)4/h15,19-20,25-27,31H,1,16-18,21H2,2-14H3/t25-,26-,27+/m1/s1. The molecule has 1 N–H and O–H groups in total. The maximum atomic E-state index is 13.2. The van der Waals surface area contributed by atoms with Crippen LogP contribution >= 0.6 is 0 Å². The molecule has 0 unspecified atom stereocenters. The van der Waals surface area contributed by atoms with E-state index in [2.05, 4.69) is 74.3 Å². The second-order valence-electron chi connectivity index (χ2n) is 13.9. The van der Waals surface area contributed by atoms with Crippen LogP contribution in [0.25, 0.3) is 0 Å². The normalized spacial score (nSPS) is 16.1. The summed E-state index contributed by atoms with van der Waals surface area (Å²) in [6.07, 6.45) is -0.527. The van der Waals surface area contributed by atoms with Crippen molar-refractivity contribution < 1.29 is 31.3 Å². The van der Waals surface area contributed by atoms with Gasteiger partial charge in [0, 0.05) is 13.2 Å². The molecule has 0 aliphatic rings. The molecule has 0 radical (unpaired) electrons. The zero-order chi connectivity index (χ0) is 31.3. The number of hydrogen-bond acceptors (Lipinski definition) is 7. The number of aryl methyl sites for hydroxylation is 3. The second kappa shape index (κ2) is 14.1. The maximum absolute atomic E-state index is 13.2. The molecule has 7 nitrogen and oxygen atoms in total. The molecule has 0 heterocycles. The summed E-state index contributed by atoms with van der Waals surface area (Å²) in [6, 6.07) is 3.61. The van der Waals surface area contributed by atoms with E-state index in [9.17, 15) is 13.5 Å². The molecular weight excluding hydrogens is 561 g/mol. The van der Waals surface area contributed by atoms with E-state index in [1.54, 1.807) is 32.1 Å². The Morgan fingerprint density at radius 2 is 1.43 bits per heavy atom. The molecule has 0 amide bonds. The fourth-order valence-corrected chi connectivity index (χ4v) is 7.58. The van der Waals surface area contributed by atoms with Crippen LogP contribution in [0, 0.1) is 20.8 Å². The van der Waals surface area contributed by atoms with E-state index in [1.807, 2.05) is 6.92 Å². The van der Waals surface area contributed by atoms with E-state index in [-0.39, 0.29) is 15.0 Å². The lowest BCUT2D eigenvalue weighted by Crippen LogP contribution is -2.51. The number of rotatable bonds is 15. The summed E-state index contributed by atoms with van der Waals surface area (Å²) >= 11 is 0. The molecule has 0 aliphatic carbocycles. The number of hydrogen-bond donors (Lipinski definition) is 1. The first kappa shape index (κ1) is 37.2. The van der Waals surface area contributed by atoms with Crippen LogP contribution in [0.15, 0.2) is 29.7 Å². The Hall–Kier alpha value is -0.856. The van der Waals surface area contributed by atoms with Crippen LogP contribution in [-0.4, -0.2) is 68.3 Å². The molecule has 3 atom stereocenters. The Labute approximate surface area is 247 Å². The van der Waals surface area contributed by atoms with E-state index in [4.69, 9.17) is 17.8 Å². The number of benzene rings is 1. The zero-order valence-corrected chi connectivity index (χ0v) is 30.1. The van der Waals surface area contributed by atoms with E-state index in [1.165, 1.54) is 0 Å². The lowest BCUT2D eigenvalue weighted by molar-refractivity contribution is -0.0940. The highest BCUT2D eigenvalue weighted by atomic mass is 32.2. The van der Waals surface area contributed by atoms with Gasteiger partial charge in [-0.25, -0.2) is 0 Å². The van der Waals surface area contributed by atoms with Crippen LogP contribution in [0.3, 0.4) is 0 Å². The molecule has 1 rings (SSSR count). The highest BCUT2D eigenvalue weighted by Gasteiger charge is 2.42. The maximum Gasteiger partial charge on any atom is 0.297 e. The monoisotopic (exact) mass is 616 g/mol. The van der Waals surface area contributed by atoms with Crippen LogP contribution in [-0.2, 0) is 27.9 Å². The van der Waals surface area contributed by atoms with Crippen LogP contribution in [0.4, 0.5) is 0 Å². The molecular formula is C30H56O7SSi2. The number of aliphatic hydroxyl groups is 1. The molecule has 1 aromatic rings. The molecule has 0 saturated heterocycles. The molecule has 0 bridgehead atoms. The fourth-order valence-electron chi connectivity index (χ4n) is 3.89. The van der Waals surface area contributed by atoms with Gasteiger partial charge in [0.05, 0.1) is 17.6 Å². The number of ether oxygens (including phenoxy) is 1. The first-order chi connectivity index (χ1) is 18.0. The van der Waals surface area contributed by atoms with Crippen LogP contribution in [0.5, 0.6) is 0 Å². The van der Waals surface area contributed by atoms with Crippen molar-refractivity contribution in [2.75, 3.05) is 19.8 Å². The Kier molecular flexibility index (Phi) is 13.1. The van der Waals surface area contributed by atoms with Crippen molar-refractivity contribution in [1.29, 1.82) is 0 Å². The summed E-state index contributed by atoms with van der Waals surface area (Å²) in [5.41, 5.74) is 2.18. The highest BCUT2D eigenvalue weighted by molar-refractivity contribution is 7.86. The van der Waals surface area contributed by atoms with Gasteiger partial charge in [0.1, 0.15) is 12.2 Å². The molecule has 0 saturated carbocycles. The van der Waals surface area contributed by atoms with Gasteiger partial charge in [0.15, 0.2) is 16.6 Å². The van der Waals surface area contributed by atoms with Crippen molar-refractivity contribution in [3.05, 3.63) is 41.5 Å². The molecule has 0 fully saturated rings. The minimum Gasteiger partial charge on any atom is -0.417 e. The molecule has 0 aromatic heterocycles. The van der Waals surface area contributed by atoms with Crippen LogP contribution in [0.1, 0.15) is 64.7 Å². The predicted molar refractivity (Wildman–Crippen MR) is 170 cm³/mol. The van der Waals surface area contributed by atoms with Crippen LogP contribution < -0.4 is 0 Å². The van der Waals surface area contributed by atoms with Gasteiger partial charge in [-0.3, -0.25) is 4.18 Å². The molecule has 40 heavy (non-hydrogen) atoms. The first-order valence-corrected chi connectivity index (χ1v) is 21.4. The average Bonchev–Trinajstić information content (AvgIpc) is 2.76. The average molecular weight is 617 g/mol. The van der Waals surface area contributed by atoms with Crippen molar-refractivity contribution >= 4 is 26.8 Å². The third-order valence-corrected chi connectivity index (χ3v) is 18.9. The summed E-state index contributed by atoms with van der Waals surface area (Å²) < 4.78 is 50.7. The molecule has 232 valence electrons. The third kappa shape index (κ3) is 10.1. The van der Waals surface area contributed by atoms with Gasteiger partial charge in [-0.2, -0.15) is 8.42 Å². The summed E-state index contributed by atoms with van der Waals surface area (Å²) in [5.74, 6) is 0. The van der Waals surface area contributed by atoms with Crippen LogP contribution in [0.2, 0.25) is 36.3 Å². The highest BCUT2D eigenvalue weighted by Crippen LogP contribution is 2.38. The van der Waals surface area contributed by atoms with E-state index in [0.29, 0.717) is 30.8 Å². The largest absolute Gasteiger partial charge is 0.417 e. The lowest BCUT2D eigenvalue weighted by Gasteiger charge is -2.41. The molecule has 0 spiro atoms. The van der Waals surface area contributed by atoms with Gasteiger partial charge in [-0.05, 0) is 74.6 Å². The summed E-state index contributed by atoms with van der Waals surface area (Å²) in [7, 11) is -8.27. The van der Waals surface area contributed by atoms with Gasteiger partial charge in [0.2, 0.25) is 0 Å². The topological polar surface area (TPSA) is 91.3 Å². The SMILES string of the molecule is C=C[C@@H](O[Si](C)(C)C(C)(C)C)[C@@H](OCCCO[Si](C)(C)C(C)(C)C)[C@H](O)COS(=O)(=O)c1c(C)cc(C)cc1C. The van der Waals surface area contributed by atoms with E-state index in [0.717, 1.165) is 5.56 Å². The van der Waals surface area contributed by atoms with Gasteiger partial charge < -0.3 is 18.7 Å². The summed E-state index contributed by atoms with van der Waals surface area (Å²) in [6.45, 7) is 31.4. The molecule has 0 aliphatic heterocycles. The smallest absolute Gasteiger partial charge is 0.297 e. The predicted octanol–water partition coefficient (Wildman–Crippen LogP) is 7.05. The summed E-state index contributed by atoms with van der Waals surface area (Å²) in [5, 5.41) is 11.3. The van der Waals surface area contributed by atoms with Gasteiger partial charge in [-0.1, -0.05) is 65.3 Å². The van der Waals surface area contributed by atoms with Crippen molar-refractivity contribution in [2.24, 2.45) is 0 Å². The van der Waals surface area contributed by atoms with Crippen molar-refractivity contribution in [1.82, 2.24) is 0 Å². The first-order valence-electron chi connectivity index (χ1n) is 14.2. The Morgan fingerprint density at radius 1 is 0.925 bits per heavy atom. The summed E-state index contributed by atoms with van der Waals surface area (Å²) in [4.78, 5) is 0.128. The number of aliphatic hydroxyl groups excluding tert-OH is 1. The lowest BCUT2D eigenvalue weighted by atomic mass is 10.1. The quantitative estimate of drug-likeness (QED) is 0.0977. The zero-order valence-electron chi connectivity index (χ0n) is 27.3. The van der Waals surface area contributed by atoms with Gasteiger partial charge in [-0.15, -0.1) is 6.58 Å². The van der Waals surface area contributed by atoms with E-state index < -0.39 is 51.7 Å². The Morgan fingerprint density at radius 3 is 1.88 bits per heavy atom. The minimum atomic E-state index is -4.11. The van der Waals surface area contributed by atoms with Gasteiger partial charge in [0.25, 0.3) is 10.1 Å². The van der Waals surface area contributed by atoms with Crippen molar-refractivity contribution in [3.8, 4) is 0 Å².